The minimum atomic E-state index is -0.585. The van der Waals surface area contributed by atoms with Gasteiger partial charge in [-0.25, -0.2) is 0 Å². The summed E-state index contributed by atoms with van der Waals surface area (Å²) in [6, 6.07) is 5.17. The molecule has 0 spiro atoms. The molecule has 5 rings (SSSR count). The van der Waals surface area contributed by atoms with Crippen molar-refractivity contribution in [1.82, 2.24) is 25.7 Å². The molecule has 0 aliphatic carbocycles. The number of carbonyl (C=O) groups excluding carboxylic acids is 3. The van der Waals surface area contributed by atoms with Crippen molar-refractivity contribution in [1.29, 1.82) is 0 Å². The molecule has 0 bridgehead atoms. The molecule has 3 amide bonds. The average Bonchev–Trinajstić information content (AvgIpc) is 3.23. The van der Waals surface area contributed by atoms with Gasteiger partial charge in [0.1, 0.15) is 11.9 Å². The smallest absolute Gasteiger partial charge is 0.255 e. The topological polar surface area (TPSA) is 119 Å². The van der Waals surface area contributed by atoms with E-state index in [1.165, 1.54) is 5.56 Å². The number of aromatic nitrogens is 2. The molecular weight excluding hydrogens is 372 g/mol. The molecule has 0 saturated carbocycles. The second kappa shape index (κ2) is 7.00. The van der Waals surface area contributed by atoms with Crippen LogP contribution in [0.5, 0.6) is 0 Å². The van der Waals surface area contributed by atoms with E-state index < -0.39 is 6.04 Å². The van der Waals surface area contributed by atoms with Crippen LogP contribution in [0.25, 0.3) is 0 Å². The molecule has 4 N–H and O–H groups in total. The number of hydrogen-bond acceptors (Lipinski definition) is 6. The molecule has 9 nitrogen and oxygen atoms in total. The minimum absolute atomic E-state index is 0.151. The Morgan fingerprint density at radius 2 is 2.07 bits per heavy atom. The zero-order valence-electron chi connectivity index (χ0n) is 15.8. The molecule has 1 unspecified atom stereocenters. The van der Waals surface area contributed by atoms with Crippen LogP contribution >= 0.6 is 0 Å². The van der Waals surface area contributed by atoms with E-state index >= 15 is 0 Å². The van der Waals surface area contributed by atoms with Gasteiger partial charge in [0.25, 0.3) is 5.91 Å². The molecular formula is C20H22N6O3. The number of benzene rings is 1. The van der Waals surface area contributed by atoms with E-state index in [0.29, 0.717) is 31.0 Å². The van der Waals surface area contributed by atoms with Crippen LogP contribution in [0, 0.1) is 0 Å². The first kappa shape index (κ1) is 17.9. The van der Waals surface area contributed by atoms with Crippen LogP contribution in [-0.2, 0) is 22.7 Å². The summed E-state index contributed by atoms with van der Waals surface area (Å²) in [4.78, 5) is 37.9. The number of nitrogens with one attached hydrogen (secondary N) is 4. The van der Waals surface area contributed by atoms with E-state index in [1.807, 2.05) is 24.4 Å². The van der Waals surface area contributed by atoms with E-state index in [9.17, 15) is 14.4 Å². The van der Waals surface area contributed by atoms with Gasteiger partial charge in [-0.05, 0) is 23.6 Å². The number of hydrogen-bond donors (Lipinski definition) is 4. The average molecular weight is 394 g/mol. The van der Waals surface area contributed by atoms with Crippen LogP contribution < -0.4 is 16.0 Å². The van der Waals surface area contributed by atoms with Gasteiger partial charge in [0.05, 0.1) is 6.20 Å². The Morgan fingerprint density at radius 1 is 1.21 bits per heavy atom. The van der Waals surface area contributed by atoms with Gasteiger partial charge < -0.3 is 15.5 Å². The fourth-order valence-corrected chi connectivity index (χ4v) is 4.18. The Kier molecular flexibility index (Phi) is 4.31. The van der Waals surface area contributed by atoms with Crippen molar-refractivity contribution >= 4 is 23.5 Å². The number of nitrogens with zero attached hydrogens (tertiary/aromatic N) is 2. The third kappa shape index (κ3) is 3.17. The van der Waals surface area contributed by atoms with E-state index in [2.05, 4.69) is 26.1 Å². The SMILES string of the molecule is O=C1CCC(N2Cc3cc(CNc4[nH]ncc4C4CNC4)ccc3C2=O)C(=O)N1. The first-order valence-corrected chi connectivity index (χ1v) is 9.84. The summed E-state index contributed by atoms with van der Waals surface area (Å²) < 4.78 is 0. The van der Waals surface area contributed by atoms with Crippen LogP contribution in [0.3, 0.4) is 0 Å². The summed E-state index contributed by atoms with van der Waals surface area (Å²) in [5.74, 6) is 0.595. The summed E-state index contributed by atoms with van der Waals surface area (Å²) in [5.41, 5.74) is 3.77. The summed E-state index contributed by atoms with van der Waals surface area (Å²) in [6.07, 6.45) is 2.50. The van der Waals surface area contributed by atoms with Gasteiger partial charge in [0.15, 0.2) is 0 Å². The lowest BCUT2D eigenvalue weighted by atomic mass is 9.96. The summed E-state index contributed by atoms with van der Waals surface area (Å²) in [6.45, 7) is 2.92. The molecule has 29 heavy (non-hydrogen) atoms. The Morgan fingerprint density at radius 3 is 2.83 bits per heavy atom. The van der Waals surface area contributed by atoms with Crippen LogP contribution in [0.4, 0.5) is 5.82 Å². The number of anilines is 1. The number of H-pyrrole nitrogens is 1. The highest BCUT2D eigenvalue weighted by Gasteiger charge is 2.39. The Hall–Kier alpha value is -3.20. The molecule has 9 heteroatoms. The molecule has 1 aromatic carbocycles. The minimum Gasteiger partial charge on any atom is -0.366 e. The molecule has 4 heterocycles. The van der Waals surface area contributed by atoms with Crippen molar-refractivity contribution in [3.8, 4) is 0 Å². The van der Waals surface area contributed by atoms with Crippen molar-refractivity contribution in [2.45, 2.75) is 37.9 Å². The Bertz CT molecular complexity index is 996. The van der Waals surface area contributed by atoms with Gasteiger partial charge in [0.2, 0.25) is 11.8 Å². The van der Waals surface area contributed by atoms with Crippen molar-refractivity contribution < 1.29 is 14.4 Å². The maximum absolute atomic E-state index is 12.8. The van der Waals surface area contributed by atoms with Crippen LogP contribution in [-0.4, -0.2) is 52.0 Å². The summed E-state index contributed by atoms with van der Waals surface area (Å²) in [5, 5.41) is 16.2. The van der Waals surface area contributed by atoms with Crippen molar-refractivity contribution in [2.24, 2.45) is 0 Å². The molecule has 2 aromatic rings. The number of carbonyl (C=O) groups is 3. The predicted molar refractivity (Wildman–Crippen MR) is 104 cm³/mol. The standard InChI is InChI=1S/C20H22N6O3/c27-17-4-3-16(19(28)24-17)26-10-12-5-11(1-2-14(12)20(26)29)6-22-18-15(9-23-25-18)13-7-21-8-13/h1-2,5,9,13,16,21H,3-4,6-8,10H2,(H2,22,23,25)(H,24,27,28). The Labute approximate surface area is 167 Å². The number of amides is 3. The first-order valence-electron chi connectivity index (χ1n) is 9.84. The Balaban J connectivity index is 1.28. The van der Waals surface area contributed by atoms with Gasteiger partial charge in [-0.2, -0.15) is 5.10 Å². The lowest BCUT2D eigenvalue weighted by Crippen LogP contribution is -2.52. The molecule has 2 saturated heterocycles. The fraction of sp³-hybridized carbons (Fsp3) is 0.400. The third-order valence-corrected chi connectivity index (χ3v) is 5.95. The molecule has 3 aliphatic heterocycles. The zero-order chi connectivity index (χ0) is 20.0. The van der Waals surface area contributed by atoms with Crippen LogP contribution in [0.2, 0.25) is 0 Å². The largest absolute Gasteiger partial charge is 0.366 e. The van der Waals surface area contributed by atoms with Gasteiger partial charge in [-0.1, -0.05) is 12.1 Å². The maximum atomic E-state index is 12.8. The van der Waals surface area contributed by atoms with Gasteiger partial charge >= 0.3 is 0 Å². The number of piperidine rings is 1. The molecule has 2 fully saturated rings. The molecule has 0 radical (unpaired) electrons. The molecule has 1 aromatic heterocycles. The van der Waals surface area contributed by atoms with Crippen LogP contribution in [0.15, 0.2) is 24.4 Å². The second-order valence-electron chi connectivity index (χ2n) is 7.80. The maximum Gasteiger partial charge on any atom is 0.255 e. The van der Waals surface area contributed by atoms with E-state index in [0.717, 1.165) is 30.0 Å². The monoisotopic (exact) mass is 394 g/mol. The second-order valence-corrected chi connectivity index (χ2v) is 7.80. The van der Waals surface area contributed by atoms with Gasteiger partial charge in [0, 0.05) is 49.6 Å². The quantitative estimate of drug-likeness (QED) is 0.548. The number of aromatic amines is 1. The number of fused-ring (bicyclic) bond motifs is 1. The summed E-state index contributed by atoms with van der Waals surface area (Å²) in [7, 11) is 0. The third-order valence-electron chi connectivity index (χ3n) is 5.95. The fourth-order valence-electron chi connectivity index (χ4n) is 4.18. The molecule has 3 aliphatic rings. The summed E-state index contributed by atoms with van der Waals surface area (Å²) >= 11 is 0. The van der Waals surface area contributed by atoms with Crippen molar-refractivity contribution in [3.63, 3.8) is 0 Å². The predicted octanol–water partition coefficient (Wildman–Crippen LogP) is 0.470. The normalized spacial score (nSPS) is 21.7. The molecule has 1 atom stereocenters. The lowest BCUT2D eigenvalue weighted by molar-refractivity contribution is -0.136. The van der Waals surface area contributed by atoms with Crippen molar-refractivity contribution in [3.05, 3.63) is 46.6 Å². The highest BCUT2D eigenvalue weighted by Crippen LogP contribution is 2.29. The highest BCUT2D eigenvalue weighted by molar-refractivity contribution is 6.05. The lowest BCUT2D eigenvalue weighted by Gasteiger charge is -2.29. The number of rotatable bonds is 5. The first-order chi connectivity index (χ1) is 14.1. The highest BCUT2D eigenvalue weighted by atomic mass is 16.2. The zero-order valence-corrected chi connectivity index (χ0v) is 15.8. The van der Waals surface area contributed by atoms with Gasteiger partial charge in [-0.15, -0.1) is 0 Å². The van der Waals surface area contributed by atoms with E-state index in [1.54, 1.807) is 4.90 Å². The van der Waals surface area contributed by atoms with E-state index in [4.69, 9.17) is 0 Å². The van der Waals surface area contributed by atoms with Crippen molar-refractivity contribution in [2.75, 3.05) is 18.4 Å². The van der Waals surface area contributed by atoms with E-state index in [-0.39, 0.29) is 24.1 Å². The molecule has 150 valence electrons. The number of imide groups is 1. The van der Waals surface area contributed by atoms with Gasteiger partial charge in [-0.3, -0.25) is 24.8 Å². The van der Waals surface area contributed by atoms with Crippen LogP contribution in [0.1, 0.15) is 45.8 Å².